The van der Waals surface area contributed by atoms with Crippen LogP contribution in [0.2, 0.25) is 0 Å². The number of anilines is 2. The Balaban J connectivity index is 1.99. The van der Waals surface area contributed by atoms with Crippen LogP contribution in [0.15, 0.2) is 83.8 Å². The van der Waals surface area contributed by atoms with Crippen LogP contribution in [0.5, 0.6) is 0 Å². The topological polar surface area (TPSA) is 66.5 Å². The number of halogens is 1. The van der Waals surface area contributed by atoms with Crippen molar-refractivity contribution in [2.75, 3.05) is 9.62 Å². The van der Waals surface area contributed by atoms with Gasteiger partial charge in [0.15, 0.2) is 0 Å². The van der Waals surface area contributed by atoms with Crippen molar-refractivity contribution in [2.24, 2.45) is 0 Å². The van der Waals surface area contributed by atoms with Crippen LogP contribution in [0.1, 0.15) is 12.5 Å². The van der Waals surface area contributed by atoms with Gasteiger partial charge < -0.3 is 5.32 Å². The minimum atomic E-state index is -3.91. The van der Waals surface area contributed by atoms with Crippen LogP contribution in [0.4, 0.5) is 15.8 Å². The van der Waals surface area contributed by atoms with E-state index < -0.39 is 15.8 Å². The summed E-state index contributed by atoms with van der Waals surface area (Å²) in [6, 6.07) is 20.4. The molecule has 5 nitrogen and oxygen atoms in total. The highest BCUT2D eigenvalue weighted by molar-refractivity contribution is 7.92. The lowest BCUT2D eigenvalue weighted by Gasteiger charge is -2.25. The average Bonchev–Trinajstić information content (AvgIpc) is 2.67. The van der Waals surface area contributed by atoms with Gasteiger partial charge in [-0.1, -0.05) is 30.3 Å². The number of carbonyl (C=O) groups excluding carboxylic acids is 1. The van der Waals surface area contributed by atoms with E-state index in [1.165, 1.54) is 47.6 Å². The summed E-state index contributed by atoms with van der Waals surface area (Å²) in [7, 11) is -3.91. The van der Waals surface area contributed by atoms with E-state index in [0.717, 1.165) is 0 Å². The number of nitrogens with one attached hydrogen (secondary N) is 1. The van der Waals surface area contributed by atoms with Gasteiger partial charge in [0.2, 0.25) is 5.91 Å². The molecule has 144 valence electrons. The Morgan fingerprint density at radius 3 is 2.25 bits per heavy atom. The predicted molar refractivity (Wildman–Crippen MR) is 107 cm³/mol. The molecule has 0 atom stereocenters. The van der Waals surface area contributed by atoms with Crippen LogP contribution < -0.4 is 9.62 Å². The number of hydrogen-bond acceptors (Lipinski definition) is 3. The fourth-order valence-corrected chi connectivity index (χ4v) is 4.20. The molecule has 0 saturated heterocycles. The van der Waals surface area contributed by atoms with E-state index in [4.69, 9.17) is 0 Å². The van der Waals surface area contributed by atoms with Gasteiger partial charge in [-0.05, 0) is 54.1 Å². The summed E-state index contributed by atoms with van der Waals surface area (Å²) in [6.07, 6.45) is 0. The summed E-state index contributed by atoms with van der Waals surface area (Å²) in [6.45, 7) is 1.36. The van der Waals surface area contributed by atoms with Crippen molar-refractivity contribution in [1.29, 1.82) is 0 Å². The maximum Gasteiger partial charge on any atom is 0.264 e. The number of amides is 1. The molecule has 1 amide bonds. The van der Waals surface area contributed by atoms with Crippen molar-refractivity contribution in [3.8, 4) is 0 Å². The van der Waals surface area contributed by atoms with E-state index >= 15 is 0 Å². The van der Waals surface area contributed by atoms with Gasteiger partial charge >= 0.3 is 0 Å². The lowest BCUT2D eigenvalue weighted by Crippen LogP contribution is -2.30. The molecular weight excluding hydrogens is 379 g/mol. The zero-order valence-corrected chi connectivity index (χ0v) is 16.0. The lowest BCUT2D eigenvalue weighted by atomic mass is 10.2. The first-order valence-corrected chi connectivity index (χ1v) is 10.0. The Labute approximate surface area is 163 Å². The SMILES string of the molecule is CC(=O)Nc1ccc(S(=O)(=O)N(Cc2cccc(F)c2)c2ccccc2)cc1. The van der Waals surface area contributed by atoms with E-state index in [0.29, 0.717) is 16.9 Å². The van der Waals surface area contributed by atoms with Crippen molar-refractivity contribution in [2.45, 2.75) is 18.4 Å². The molecule has 0 aliphatic heterocycles. The zero-order valence-electron chi connectivity index (χ0n) is 15.2. The first-order valence-electron chi connectivity index (χ1n) is 8.56. The molecule has 0 spiro atoms. The highest BCUT2D eigenvalue weighted by atomic mass is 32.2. The molecule has 0 bridgehead atoms. The fourth-order valence-electron chi connectivity index (χ4n) is 2.75. The molecule has 0 aliphatic carbocycles. The maximum absolute atomic E-state index is 13.6. The first-order chi connectivity index (χ1) is 13.4. The smallest absolute Gasteiger partial charge is 0.264 e. The van der Waals surface area contributed by atoms with Gasteiger partial charge in [0.1, 0.15) is 5.82 Å². The molecule has 3 rings (SSSR count). The van der Waals surface area contributed by atoms with E-state index in [1.807, 2.05) is 0 Å². The number of carbonyl (C=O) groups is 1. The molecule has 0 saturated carbocycles. The van der Waals surface area contributed by atoms with Gasteiger partial charge in [-0.2, -0.15) is 0 Å². The molecule has 0 aliphatic rings. The monoisotopic (exact) mass is 398 g/mol. The van der Waals surface area contributed by atoms with Crippen LogP contribution in [0, 0.1) is 5.82 Å². The summed E-state index contributed by atoms with van der Waals surface area (Å²) in [5, 5.41) is 2.60. The molecule has 3 aromatic carbocycles. The quantitative estimate of drug-likeness (QED) is 0.677. The third kappa shape index (κ3) is 4.55. The van der Waals surface area contributed by atoms with Gasteiger partial charge in [0.25, 0.3) is 10.0 Å². The molecule has 0 radical (unpaired) electrons. The largest absolute Gasteiger partial charge is 0.326 e. The molecule has 0 heterocycles. The second-order valence-corrected chi connectivity index (χ2v) is 8.05. The van der Waals surface area contributed by atoms with Gasteiger partial charge in [-0.3, -0.25) is 9.10 Å². The molecule has 0 fully saturated rings. The highest BCUT2D eigenvalue weighted by Gasteiger charge is 2.25. The van der Waals surface area contributed by atoms with Crippen LogP contribution in [0.3, 0.4) is 0 Å². The normalized spacial score (nSPS) is 11.1. The Bertz CT molecular complexity index is 1070. The molecule has 0 unspecified atom stereocenters. The van der Waals surface area contributed by atoms with E-state index in [9.17, 15) is 17.6 Å². The standard InChI is InChI=1S/C21H19FN2O3S/c1-16(25)23-19-10-12-21(13-11-19)28(26,27)24(20-8-3-2-4-9-20)15-17-6-5-7-18(22)14-17/h2-14H,15H2,1H3,(H,23,25). The van der Waals surface area contributed by atoms with Crippen LogP contribution in [0.25, 0.3) is 0 Å². The number of hydrogen-bond donors (Lipinski definition) is 1. The second kappa shape index (κ2) is 8.22. The third-order valence-electron chi connectivity index (χ3n) is 4.02. The van der Waals surface area contributed by atoms with Gasteiger partial charge in [0, 0.05) is 12.6 Å². The molecule has 7 heteroatoms. The summed E-state index contributed by atoms with van der Waals surface area (Å²) in [4.78, 5) is 11.2. The number of benzene rings is 3. The maximum atomic E-state index is 13.6. The minimum Gasteiger partial charge on any atom is -0.326 e. The highest BCUT2D eigenvalue weighted by Crippen LogP contribution is 2.26. The van der Waals surface area contributed by atoms with Gasteiger partial charge in [-0.15, -0.1) is 0 Å². The first kappa shape index (κ1) is 19.6. The number of rotatable bonds is 6. The van der Waals surface area contributed by atoms with Gasteiger partial charge in [-0.25, -0.2) is 12.8 Å². The van der Waals surface area contributed by atoms with Crippen LogP contribution >= 0.6 is 0 Å². The molecule has 28 heavy (non-hydrogen) atoms. The second-order valence-electron chi connectivity index (χ2n) is 6.18. The lowest BCUT2D eigenvalue weighted by molar-refractivity contribution is -0.114. The van der Waals surface area contributed by atoms with Crippen molar-refractivity contribution >= 4 is 27.3 Å². The van der Waals surface area contributed by atoms with Crippen molar-refractivity contribution in [3.05, 3.63) is 90.2 Å². The van der Waals surface area contributed by atoms with Crippen LogP contribution in [-0.2, 0) is 21.4 Å². The molecule has 3 aromatic rings. The average molecular weight is 398 g/mol. The molecular formula is C21H19FN2O3S. The summed E-state index contributed by atoms with van der Waals surface area (Å²) in [5.41, 5.74) is 1.50. The summed E-state index contributed by atoms with van der Waals surface area (Å²) < 4.78 is 41.4. The number of para-hydroxylation sites is 1. The fraction of sp³-hybridized carbons (Fsp3) is 0.0952. The minimum absolute atomic E-state index is 0.0163. The van der Waals surface area contributed by atoms with Crippen molar-refractivity contribution < 1.29 is 17.6 Å². The van der Waals surface area contributed by atoms with E-state index in [2.05, 4.69) is 5.32 Å². The van der Waals surface area contributed by atoms with E-state index in [-0.39, 0.29) is 17.3 Å². The zero-order chi connectivity index (χ0) is 20.1. The summed E-state index contributed by atoms with van der Waals surface area (Å²) >= 11 is 0. The number of nitrogens with zero attached hydrogens (tertiary/aromatic N) is 1. The summed E-state index contributed by atoms with van der Waals surface area (Å²) in [5.74, 6) is -0.671. The van der Waals surface area contributed by atoms with Crippen LogP contribution in [-0.4, -0.2) is 14.3 Å². The Hall–Kier alpha value is -3.19. The van der Waals surface area contributed by atoms with Gasteiger partial charge in [0.05, 0.1) is 17.1 Å². The third-order valence-corrected chi connectivity index (χ3v) is 5.81. The molecule has 1 N–H and O–H groups in total. The van der Waals surface area contributed by atoms with E-state index in [1.54, 1.807) is 42.5 Å². The Morgan fingerprint density at radius 2 is 1.64 bits per heavy atom. The van der Waals surface area contributed by atoms with Crippen molar-refractivity contribution in [3.63, 3.8) is 0 Å². The Kier molecular flexibility index (Phi) is 5.75. The molecule has 0 aromatic heterocycles. The Morgan fingerprint density at radius 1 is 0.964 bits per heavy atom. The van der Waals surface area contributed by atoms with Crippen molar-refractivity contribution in [1.82, 2.24) is 0 Å². The number of sulfonamides is 1. The predicted octanol–water partition coefficient (Wildman–Crippen LogP) is 4.18.